The summed E-state index contributed by atoms with van der Waals surface area (Å²) in [6, 6.07) is 4.89. The minimum atomic E-state index is -0.826. The van der Waals surface area contributed by atoms with Crippen LogP contribution in [-0.2, 0) is 6.54 Å². The second-order valence-electron chi connectivity index (χ2n) is 4.53. The Morgan fingerprint density at radius 3 is 2.76 bits per heavy atom. The first-order valence-corrected chi connectivity index (χ1v) is 6.88. The van der Waals surface area contributed by atoms with Crippen LogP contribution in [0.1, 0.15) is 20.1 Å². The summed E-state index contributed by atoms with van der Waals surface area (Å²) in [5.74, 6) is -0.389. The van der Waals surface area contributed by atoms with E-state index in [4.69, 9.17) is 0 Å². The topological polar surface area (TPSA) is 96.3 Å². The van der Waals surface area contributed by atoms with E-state index in [9.17, 15) is 19.7 Å². The average molecular weight is 307 g/mol. The molecule has 0 fully saturated rings. The number of pyridine rings is 1. The fraction of sp³-hybridized carbons (Fsp3) is 0.231. The van der Waals surface area contributed by atoms with Crippen LogP contribution in [0.2, 0.25) is 0 Å². The van der Waals surface area contributed by atoms with Crippen molar-refractivity contribution in [3.8, 4) is 0 Å². The number of aryl methyl sites for hydroxylation is 1. The number of aromatic amines is 1. The van der Waals surface area contributed by atoms with Crippen molar-refractivity contribution in [2.75, 3.05) is 7.05 Å². The molecule has 0 atom stereocenters. The van der Waals surface area contributed by atoms with E-state index in [1.807, 2.05) is 19.1 Å². The molecule has 7 nitrogen and oxygen atoms in total. The molecule has 21 heavy (non-hydrogen) atoms. The first-order chi connectivity index (χ1) is 9.88. The van der Waals surface area contributed by atoms with Gasteiger partial charge in [-0.15, -0.1) is 11.3 Å². The summed E-state index contributed by atoms with van der Waals surface area (Å²) in [6.07, 6.45) is 1.19. The van der Waals surface area contributed by atoms with Crippen LogP contribution in [0.25, 0.3) is 0 Å². The van der Waals surface area contributed by atoms with E-state index in [1.165, 1.54) is 11.1 Å². The van der Waals surface area contributed by atoms with Crippen molar-refractivity contribution in [2.45, 2.75) is 13.5 Å². The lowest BCUT2D eigenvalue weighted by Gasteiger charge is -2.15. The summed E-state index contributed by atoms with van der Waals surface area (Å²) in [5, 5.41) is 10.7. The zero-order valence-electron chi connectivity index (χ0n) is 11.5. The molecule has 0 spiro atoms. The molecule has 0 aliphatic carbocycles. The highest BCUT2D eigenvalue weighted by molar-refractivity contribution is 7.11. The molecule has 0 unspecified atom stereocenters. The lowest BCUT2D eigenvalue weighted by Crippen LogP contribution is -2.27. The summed E-state index contributed by atoms with van der Waals surface area (Å²) in [7, 11) is 1.61. The van der Waals surface area contributed by atoms with Gasteiger partial charge in [-0.05, 0) is 19.1 Å². The van der Waals surface area contributed by atoms with E-state index in [-0.39, 0.29) is 11.5 Å². The van der Waals surface area contributed by atoms with E-state index in [0.717, 1.165) is 15.8 Å². The maximum Gasteiger partial charge on any atom is 0.334 e. The molecule has 1 N–H and O–H groups in total. The number of carbonyl (C=O) groups excluding carboxylic acids is 1. The number of nitrogens with one attached hydrogen (secondary N) is 1. The molecule has 2 aromatic heterocycles. The number of hydrogen-bond acceptors (Lipinski definition) is 5. The van der Waals surface area contributed by atoms with Crippen LogP contribution in [-0.4, -0.2) is 27.8 Å². The Bertz CT molecular complexity index is 750. The number of rotatable bonds is 4. The Morgan fingerprint density at radius 1 is 1.48 bits per heavy atom. The normalized spacial score (nSPS) is 10.4. The summed E-state index contributed by atoms with van der Waals surface area (Å²) >= 11 is 1.58. The fourth-order valence-electron chi connectivity index (χ4n) is 1.83. The Morgan fingerprint density at radius 2 is 2.19 bits per heavy atom. The van der Waals surface area contributed by atoms with Crippen molar-refractivity contribution in [3.05, 3.63) is 60.2 Å². The van der Waals surface area contributed by atoms with Crippen molar-refractivity contribution in [2.24, 2.45) is 0 Å². The van der Waals surface area contributed by atoms with Gasteiger partial charge in [-0.25, -0.2) is 0 Å². The number of amides is 1. The van der Waals surface area contributed by atoms with E-state index in [1.54, 1.807) is 18.4 Å². The minimum Gasteiger partial charge on any atom is -0.337 e. The molecule has 0 radical (unpaired) electrons. The second kappa shape index (κ2) is 5.88. The van der Waals surface area contributed by atoms with Crippen LogP contribution in [0.5, 0.6) is 0 Å². The van der Waals surface area contributed by atoms with Gasteiger partial charge in [-0.3, -0.25) is 19.7 Å². The predicted molar refractivity (Wildman–Crippen MR) is 78.6 cm³/mol. The van der Waals surface area contributed by atoms with Crippen molar-refractivity contribution in [1.29, 1.82) is 0 Å². The molecule has 2 rings (SSSR count). The molecule has 0 bridgehead atoms. The maximum atomic E-state index is 12.2. The number of nitro groups is 1. The predicted octanol–water partition coefficient (Wildman–Crippen LogP) is 1.93. The Balaban J connectivity index is 2.21. The first kappa shape index (κ1) is 14.9. The molecule has 0 saturated heterocycles. The molecule has 110 valence electrons. The SMILES string of the molecule is Cc1ccc(CN(C)C(=O)c2c[nH]c(=O)c([N+](=O)[O-])c2)s1. The Hall–Kier alpha value is -2.48. The zero-order valence-corrected chi connectivity index (χ0v) is 12.3. The van der Waals surface area contributed by atoms with Gasteiger partial charge < -0.3 is 9.88 Å². The number of hydrogen-bond donors (Lipinski definition) is 1. The number of nitrogens with zero attached hydrogens (tertiary/aromatic N) is 2. The third kappa shape index (κ3) is 3.34. The van der Waals surface area contributed by atoms with Crippen LogP contribution in [0.3, 0.4) is 0 Å². The van der Waals surface area contributed by atoms with Gasteiger partial charge in [0.2, 0.25) is 0 Å². The summed E-state index contributed by atoms with van der Waals surface area (Å²) in [4.78, 5) is 39.2. The second-order valence-corrected chi connectivity index (χ2v) is 5.91. The minimum absolute atomic E-state index is 0.0806. The Kier molecular flexibility index (Phi) is 4.18. The van der Waals surface area contributed by atoms with Gasteiger partial charge in [0, 0.05) is 29.1 Å². The number of carbonyl (C=O) groups is 1. The quantitative estimate of drug-likeness (QED) is 0.689. The van der Waals surface area contributed by atoms with Gasteiger partial charge in [0.25, 0.3) is 5.91 Å². The number of H-pyrrole nitrogens is 1. The van der Waals surface area contributed by atoms with Crippen LogP contribution in [0.4, 0.5) is 5.69 Å². The molecule has 0 saturated carbocycles. The molecule has 8 heteroatoms. The third-order valence-corrected chi connectivity index (χ3v) is 3.85. The Labute approximate surface area is 124 Å². The summed E-state index contributed by atoms with van der Waals surface area (Å²) < 4.78 is 0. The molecule has 2 aromatic rings. The van der Waals surface area contributed by atoms with Gasteiger partial charge in [-0.1, -0.05) is 0 Å². The van der Waals surface area contributed by atoms with Crippen molar-refractivity contribution < 1.29 is 9.72 Å². The average Bonchev–Trinajstić information content (AvgIpc) is 2.83. The molecule has 0 aliphatic heterocycles. The van der Waals surface area contributed by atoms with Gasteiger partial charge in [-0.2, -0.15) is 0 Å². The molecular formula is C13H13N3O4S. The van der Waals surface area contributed by atoms with Gasteiger partial charge >= 0.3 is 11.2 Å². The number of aromatic nitrogens is 1. The van der Waals surface area contributed by atoms with Crippen molar-refractivity contribution in [1.82, 2.24) is 9.88 Å². The summed E-state index contributed by atoms with van der Waals surface area (Å²) in [6.45, 7) is 2.38. The lowest BCUT2D eigenvalue weighted by atomic mass is 10.2. The fourth-order valence-corrected chi connectivity index (χ4v) is 2.77. The maximum absolute atomic E-state index is 12.2. The number of thiophene rings is 1. The summed E-state index contributed by atoms with van der Waals surface area (Å²) in [5.41, 5.74) is -1.38. The zero-order chi connectivity index (χ0) is 15.6. The van der Waals surface area contributed by atoms with Crippen LogP contribution in [0.15, 0.2) is 29.2 Å². The monoisotopic (exact) mass is 307 g/mol. The van der Waals surface area contributed by atoms with Crippen LogP contribution in [0, 0.1) is 17.0 Å². The van der Waals surface area contributed by atoms with E-state index in [0.29, 0.717) is 6.54 Å². The van der Waals surface area contributed by atoms with Gasteiger partial charge in [0.15, 0.2) is 0 Å². The molecule has 0 aliphatic rings. The van der Waals surface area contributed by atoms with E-state index in [2.05, 4.69) is 4.98 Å². The third-order valence-electron chi connectivity index (χ3n) is 2.86. The molecular weight excluding hydrogens is 294 g/mol. The lowest BCUT2D eigenvalue weighted by molar-refractivity contribution is -0.386. The van der Waals surface area contributed by atoms with Crippen LogP contribution < -0.4 is 5.56 Å². The highest BCUT2D eigenvalue weighted by atomic mass is 32.1. The highest BCUT2D eigenvalue weighted by Gasteiger charge is 2.19. The highest BCUT2D eigenvalue weighted by Crippen LogP contribution is 2.18. The smallest absolute Gasteiger partial charge is 0.334 e. The molecule has 1 amide bonds. The van der Waals surface area contributed by atoms with E-state index >= 15 is 0 Å². The molecule has 2 heterocycles. The first-order valence-electron chi connectivity index (χ1n) is 6.06. The van der Waals surface area contributed by atoms with Gasteiger partial charge in [0.1, 0.15) is 0 Å². The van der Waals surface area contributed by atoms with E-state index < -0.39 is 16.2 Å². The standard InChI is InChI=1S/C13H13N3O4S/c1-8-3-4-10(21-8)7-15(2)13(18)9-5-11(16(19)20)12(17)14-6-9/h3-6H,7H2,1-2H3,(H,14,17). The van der Waals surface area contributed by atoms with Crippen molar-refractivity contribution >= 4 is 22.9 Å². The van der Waals surface area contributed by atoms with Crippen molar-refractivity contribution in [3.63, 3.8) is 0 Å². The van der Waals surface area contributed by atoms with Crippen LogP contribution >= 0.6 is 11.3 Å². The molecule has 0 aromatic carbocycles. The van der Waals surface area contributed by atoms with Gasteiger partial charge in [0.05, 0.1) is 17.0 Å². The largest absolute Gasteiger partial charge is 0.337 e.